The summed E-state index contributed by atoms with van der Waals surface area (Å²) in [6.45, 7) is 3.79. The molecule has 0 heterocycles. The van der Waals surface area contributed by atoms with Gasteiger partial charge in [-0.05, 0) is 34.0 Å². The van der Waals surface area contributed by atoms with E-state index in [1.54, 1.807) is 6.92 Å². The zero-order chi connectivity index (χ0) is 12.1. The molecule has 5 nitrogen and oxygen atoms in total. The van der Waals surface area contributed by atoms with Gasteiger partial charge in [0.1, 0.15) is 5.69 Å². The molecule has 0 amide bonds. The van der Waals surface area contributed by atoms with Gasteiger partial charge in [-0.2, -0.15) is 0 Å². The molecule has 16 heavy (non-hydrogen) atoms. The van der Waals surface area contributed by atoms with Crippen LogP contribution in [0.5, 0.6) is 5.75 Å². The summed E-state index contributed by atoms with van der Waals surface area (Å²) in [5.74, 6) is 0.192. The first kappa shape index (κ1) is 12.7. The molecule has 1 rings (SSSR count). The minimum atomic E-state index is -0.517. The van der Waals surface area contributed by atoms with Gasteiger partial charge in [0.05, 0.1) is 6.61 Å². The van der Waals surface area contributed by atoms with Crippen molar-refractivity contribution in [3.63, 3.8) is 0 Å². The number of hydrogen-bond donors (Lipinski definition) is 1. The summed E-state index contributed by atoms with van der Waals surface area (Å²) in [6.07, 6.45) is 0.914. The van der Waals surface area contributed by atoms with Gasteiger partial charge in [0.2, 0.25) is 0 Å². The molecule has 0 radical (unpaired) electrons. The molecule has 1 aromatic rings. The highest BCUT2D eigenvalue weighted by Crippen LogP contribution is 2.16. The average molecular weight is 226 g/mol. The Bertz CT molecular complexity index is 405. The van der Waals surface area contributed by atoms with E-state index in [1.807, 2.05) is 14.1 Å². The summed E-state index contributed by atoms with van der Waals surface area (Å²) in [7, 11) is 3.98. The van der Waals surface area contributed by atoms with Crippen molar-refractivity contribution in [1.82, 2.24) is 4.90 Å². The van der Waals surface area contributed by atoms with Crippen LogP contribution in [0.3, 0.4) is 0 Å². The monoisotopic (exact) mass is 226 g/mol. The van der Waals surface area contributed by atoms with Crippen LogP contribution in [0.2, 0.25) is 0 Å². The standard InChI is InChI=1S/C11H18N2O3/c1-4-16-11-8(9(14)10(11)15)12-6-5-7-13(2)3/h12H,4-7H2,1-3H3. The summed E-state index contributed by atoms with van der Waals surface area (Å²) < 4.78 is 5.09. The molecule has 0 bridgehead atoms. The first-order valence-electron chi connectivity index (χ1n) is 5.42. The van der Waals surface area contributed by atoms with Crippen LogP contribution < -0.4 is 20.9 Å². The van der Waals surface area contributed by atoms with Gasteiger partial charge in [-0.15, -0.1) is 0 Å². The molecule has 0 unspecified atom stereocenters. The molecule has 5 heteroatoms. The lowest BCUT2D eigenvalue weighted by atomic mass is 10.2. The van der Waals surface area contributed by atoms with Crippen LogP contribution in [-0.2, 0) is 0 Å². The molecule has 0 fully saturated rings. The van der Waals surface area contributed by atoms with E-state index in [-0.39, 0.29) is 5.75 Å². The van der Waals surface area contributed by atoms with Crippen LogP contribution in [0, 0.1) is 0 Å². The molecule has 0 aliphatic rings. The fourth-order valence-electron chi connectivity index (χ4n) is 1.42. The molecule has 1 aromatic carbocycles. The molecule has 0 saturated heterocycles. The van der Waals surface area contributed by atoms with Gasteiger partial charge in [0.15, 0.2) is 5.75 Å². The molecule has 0 atom stereocenters. The molecule has 0 aromatic heterocycles. The molecule has 90 valence electrons. The highest BCUT2D eigenvalue weighted by molar-refractivity contribution is 5.61. The second-order valence-electron chi connectivity index (χ2n) is 3.88. The maximum Gasteiger partial charge on any atom is 0.272 e. The highest BCUT2D eigenvalue weighted by atomic mass is 16.5. The SMILES string of the molecule is CCOc1c(NCCCN(C)C)c(=O)c1=O. The number of hydrogen-bond acceptors (Lipinski definition) is 5. The second-order valence-corrected chi connectivity index (χ2v) is 3.88. The third-order valence-electron chi connectivity index (χ3n) is 2.24. The van der Waals surface area contributed by atoms with Crippen molar-refractivity contribution in [3.8, 4) is 5.75 Å². The molecule has 0 aliphatic heterocycles. The van der Waals surface area contributed by atoms with Gasteiger partial charge in [-0.1, -0.05) is 0 Å². The van der Waals surface area contributed by atoms with Crippen LogP contribution in [-0.4, -0.2) is 38.7 Å². The van der Waals surface area contributed by atoms with E-state index in [4.69, 9.17) is 4.74 Å². The van der Waals surface area contributed by atoms with Crippen LogP contribution in [0.1, 0.15) is 13.3 Å². The lowest BCUT2D eigenvalue weighted by molar-refractivity contribution is 0.334. The summed E-state index contributed by atoms with van der Waals surface area (Å²) >= 11 is 0. The molecule has 0 aliphatic carbocycles. The van der Waals surface area contributed by atoms with Crippen LogP contribution >= 0.6 is 0 Å². The van der Waals surface area contributed by atoms with E-state index in [2.05, 4.69) is 10.2 Å². The largest absolute Gasteiger partial charge is 0.488 e. The number of anilines is 1. The fourth-order valence-corrected chi connectivity index (χ4v) is 1.42. The van der Waals surface area contributed by atoms with Crippen LogP contribution in [0.4, 0.5) is 5.69 Å². The Hall–Kier alpha value is -1.36. The smallest absolute Gasteiger partial charge is 0.272 e. The number of rotatable bonds is 7. The molecule has 0 saturated carbocycles. The van der Waals surface area contributed by atoms with Gasteiger partial charge in [-0.25, -0.2) is 0 Å². The fraction of sp³-hybridized carbons (Fsp3) is 0.636. The van der Waals surface area contributed by atoms with Crippen molar-refractivity contribution in [2.75, 3.05) is 39.1 Å². The first-order chi connectivity index (χ1) is 7.57. The first-order valence-corrected chi connectivity index (χ1v) is 5.42. The summed E-state index contributed by atoms with van der Waals surface area (Å²) in [5.41, 5.74) is -0.643. The maximum absolute atomic E-state index is 11.2. The van der Waals surface area contributed by atoms with Gasteiger partial charge in [0, 0.05) is 6.54 Å². The minimum Gasteiger partial charge on any atom is -0.488 e. The van der Waals surface area contributed by atoms with Gasteiger partial charge < -0.3 is 15.0 Å². The van der Waals surface area contributed by atoms with Gasteiger partial charge in [-0.3, -0.25) is 9.59 Å². The van der Waals surface area contributed by atoms with Gasteiger partial charge >= 0.3 is 0 Å². The van der Waals surface area contributed by atoms with Crippen molar-refractivity contribution in [3.05, 3.63) is 20.4 Å². The summed E-state index contributed by atoms with van der Waals surface area (Å²) in [4.78, 5) is 24.4. The van der Waals surface area contributed by atoms with E-state index >= 15 is 0 Å². The number of nitrogens with zero attached hydrogens (tertiary/aromatic N) is 1. The molecule has 1 N–H and O–H groups in total. The highest BCUT2D eigenvalue weighted by Gasteiger charge is 2.21. The summed E-state index contributed by atoms with van der Waals surface area (Å²) in [5, 5.41) is 2.95. The molecular formula is C11H18N2O3. The predicted molar refractivity (Wildman–Crippen MR) is 64.2 cm³/mol. The molecular weight excluding hydrogens is 208 g/mol. The van der Waals surface area contributed by atoms with Gasteiger partial charge in [0.25, 0.3) is 10.9 Å². The van der Waals surface area contributed by atoms with E-state index in [0.717, 1.165) is 13.0 Å². The topological polar surface area (TPSA) is 58.6 Å². The van der Waals surface area contributed by atoms with E-state index in [9.17, 15) is 9.59 Å². The maximum atomic E-state index is 11.2. The zero-order valence-corrected chi connectivity index (χ0v) is 10.0. The lowest BCUT2D eigenvalue weighted by Crippen LogP contribution is -2.36. The van der Waals surface area contributed by atoms with E-state index < -0.39 is 10.9 Å². The normalized spacial score (nSPS) is 11.0. The van der Waals surface area contributed by atoms with E-state index in [1.165, 1.54) is 0 Å². The Morgan fingerprint density at radius 2 is 1.94 bits per heavy atom. The summed E-state index contributed by atoms with van der Waals surface area (Å²) in [6, 6.07) is 0. The van der Waals surface area contributed by atoms with E-state index in [0.29, 0.717) is 18.8 Å². The van der Waals surface area contributed by atoms with Crippen LogP contribution in [0.15, 0.2) is 9.59 Å². The third-order valence-corrected chi connectivity index (χ3v) is 2.24. The lowest BCUT2D eigenvalue weighted by Gasteiger charge is -2.14. The number of ether oxygens (including phenoxy) is 1. The Kier molecular flexibility index (Phi) is 4.49. The Morgan fingerprint density at radius 1 is 1.25 bits per heavy atom. The number of nitrogens with one attached hydrogen (secondary N) is 1. The second kappa shape index (κ2) is 5.65. The van der Waals surface area contributed by atoms with Crippen molar-refractivity contribution in [2.45, 2.75) is 13.3 Å². The molecule has 0 spiro atoms. The Morgan fingerprint density at radius 3 is 2.50 bits per heavy atom. The van der Waals surface area contributed by atoms with Crippen molar-refractivity contribution >= 4 is 5.69 Å². The van der Waals surface area contributed by atoms with Crippen molar-refractivity contribution in [1.29, 1.82) is 0 Å². The van der Waals surface area contributed by atoms with Crippen LogP contribution in [0.25, 0.3) is 0 Å². The quantitative estimate of drug-likeness (QED) is 0.525. The average Bonchev–Trinajstić information content (AvgIpc) is 2.26. The van der Waals surface area contributed by atoms with Crippen molar-refractivity contribution in [2.24, 2.45) is 0 Å². The minimum absolute atomic E-state index is 0.192. The Labute approximate surface area is 94.7 Å². The zero-order valence-electron chi connectivity index (χ0n) is 10.0. The predicted octanol–water partition coefficient (Wildman–Crippen LogP) is 0.0449. The van der Waals surface area contributed by atoms with Crippen molar-refractivity contribution < 1.29 is 4.74 Å². The Balaban J connectivity index is 2.45. The third kappa shape index (κ3) is 2.82.